The Morgan fingerprint density at radius 2 is 0.733 bits per heavy atom. The van der Waals surface area contributed by atoms with E-state index in [2.05, 4.69) is 33.2 Å². The number of aromatic nitrogens is 3. The zero-order chi connectivity index (χ0) is 21.4. The van der Waals surface area contributed by atoms with E-state index in [1.165, 1.54) is 0 Å². The Balaban J connectivity index is 2.03. The van der Waals surface area contributed by atoms with Crippen LogP contribution in [-0.4, -0.2) is 15.0 Å². The fraction of sp³-hybridized carbons (Fsp3) is 0.125. The van der Waals surface area contributed by atoms with Gasteiger partial charge in [0.05, 0.1) is 17.1 Å². The first-order valence-electron chi connectivity index (χ1n) is 9.37. The van der Waals surface area contributed by atoms with Gasteiger partial charge in [0.25, 0.3) is 0 Å². The van der Waals surface area contributed by atoms with E-state index in [-0.39, 0.29) is 0 Å². The monoisotopic (exact) mass is 453 g/mol. The number of nitrogens with zero attached hydrogens (tertiary/aromatic N) is 3. The van der Waals surface area contributed by atoms with Gasteiger partial charge in [-0.15, -0.1) is 0 Å². The zero-order valence-corrected chi connectivity index (χ0v) is 18.9. The summed E-state index contributed by atoms with van der Waals surface area (Å²) >= 11 is 18.6. The van der Waals surface area contributed by atoms with Crippen molar-refractivity contribution >= 4 is 34.8 Å². The normalized spacial score (nSPS) is 11.0. The van der Waals surface area contributed by atoms with Gasteiger partial charge < -0.3 is 0 Å². The smallest absolute Gasteiger partial charge is 0.129 e. The lowest BCUT2D eigenvalue weighted by Crippen LogP contribution is -1.96. The first-order valence-corrected chi connectivity index (χ1v) is 10.5. The third-order valence-electron chi connectivity index (χ3n) is 4.94. The van der Waals surface area contributed by atoms with Gasteiger partial charge in [-0.05, 0) is 73.9 Å². The molecule has 0 aliphatic heterocycles. The van der Waals surface area contributed by atoms with Crippen LogP contribution in [0.4, 0.5) is 0 Å². The van der Waals surface area contributed by atoms with Crippen LogP contribution < -0.4 is 0 Å². The van der Waals surface area contributed by atoms with Crippen LogP contribution in [0.5, 0.6) is 0 Å². The molecule has 0 spiro atoms. The van der Waals surface area contributed by atoms with Crippen LogP contribution in [0.1, 0.15) is 16.7 Å². The summed E-state index contributed by atoms with van der Waals surface area (Å²) in [4.78, 5) is 13.7. The van der Waals surface area contributed by atoms with Crippen LogP contribution in [0, 0.1) is 20.8 Å². The number of pyridine rings is 3. The molecule has 0 unspecified atom stereocenters. The summed E-state index contributed by atoms with van der Waals surface area (Å²) < 4.78 is 0. The number of halogens is 3. The molecule has 0 aliphatic rings. The summed E-state index contributed by atoms with van der Waals surface area (Å²) in [5.41, 5.74) is 8.26. The van der Waals surface area contributed by atoms with Crippen LogP contribution in [0.25, 0.3) is 33.8 Å². The highest BCUT2D eigenvalue weighted by molar-refractivity contribution is 6.30. The van der Waals surface area contributed by atoms with E-state index in [1.807, 2.05) is 39.0 Å². The fourth-order valence-electron chi connectivity index (χ4n) is 3.43. The molecule has 150 valence electrons. The molecule has 0 atom stereocenters. The Kier molecular flexibility index (Phi) is 5.79. The molecular formula is C24H18Cl3N3. The summed E-state index contributed by atoms with van der Waals surface area (Å²) in [6.07, 6.45) is 0. The van der Waals surface area contributed by atoms with Crippen LogP contribution >= 0.6 is 34.8 Å². The SMILES string of the molecule is Cc1ccc(Cl)nc1-c1cc(-c2nc(Cl)ccc2C)cc(-c2nc(Cl)ccc2C)c1. The van der Waals surface area contributed by atoms with Gasteiger partial charge in [-0.3, -0.25) is 0 Å². The van der Waals surface area contributed by atoms with Crippen molar-refractivity contribution in [3.63, 3.8) is 0 Å². The molecule has 4 rings (SSSR count). The minimum Gasteiger partial charge on any atom is -0.236 e. The van der Waals surface area contributed by atoms with Crippen LogP contribution in [0.3, 0.4) is 0 Å². The summed E-state index contributed by atoms with van der Waals surface area (Å²) in [6.45, 7) is 6.03. The van der Waals surface area contributed by atoms with Gasteiger partial charge in [0.1, 0.15) is 15.5 Å². The number of aryl methyl sites for hydroxylation is 3. The van der Waals surface area contributed by atoms with Crippen molar-refractivity contribution in [3.8, 4) is 33.8 Å². The molecule has 3 heterocycles. The second kappa shape index (κ2) is 8.35. The lowest BCUT2D eigenvalue weighted by atomic mass is 9.95. The first kappa shape index (κ1) is 20.8. The summed E-state index contributed by atoms with van der Waals surface area (Å²) in [6, 6.07) is 17.4. The van der Waals surface area contributed by atoms with Gasteiger partial charge in [-0.2, -0.15) is 0 Å². The molecular weight excluding hydrogens is 437 g/mol. The number of benzene rings is 1. The minimum atomic E-state index is 0.441. The van der Waals surface area contributed by atoms with Crippen molar-refractivity contribution in [2.75, 3.05) is 0 Å². The molecule has 0 aliphatic carbocycles. The molecule has 0 saturated carbocycles. The summed E-state index contributed by atoms with van der Waals surface area (Å²) in [7, 11) is 0. The van der Waals surface area contributed by atoms with E-state index in [9.17, 15) is 0 Å². The maximum absolute atomic E-state index is 6.20. The number of hydrogen-bond acceptors (Lipinski definition) is 3. The largest absolute Gasteiger partial charge is 0.236 e. The van der Waals surface area contributed by atoms with Gasteiger partial charge in [-0.1, -0.05) is 53.0 Å². The average Bonchev–Trinajstić information content (AvgIpc) is 2.73. The van der Waals surface area contributed by atoms with Crippen LogP contribution in [-0.2, 0) is 0 Å². The molecule has 6 heteroatoms. The van der Waals surface area contributed by atoms with E-state index in [1.54, 1.807) is 18.2 Å². The molecule has 0 saturated heterocycles. The Morgan fingerprint density at radius 1 is 0.467 bits per heavy atom. The van der Waals surface area contributed by atoms with Gasteiger partial charge in [0.2, 0.25) is 0 Å². The molecule has 3 nitrogen and oxygen atoms in total. The standard InChI is InChI=1S/C24H18Cl3N3/c1-13-4-7-19(25)28-22(13)16-10-17(23-14(2)5-8-20(26)29-23)12-18(11-16)24-15(3)6-9-21(27)30-24/h4-12H,1-3H3. The molecule has 30 heavy (non-hydrogen) atoms. The quantitative estimate of drug-likeness (QED) is 0.297. The molecule has 1 aromatic carbocycles. The Hall–Kier alpha value is -2.46. The van der Waals surface area contributed by atoms with Gasteiger partial charge in [0, 0.05) is 16.7 Å². The highest BCUT2D eigenvalue weighted by Gasteiger charge is 2.15. The number of rotatable bonds is 3. The molecule has 0 radical (unpaired) electrons. The Bertz CT molecular complexity index is 1100. The van der Waals surface area contributed by atoms with E-state index in [0.717, 1.165) is 50.5 Å². The molecule has 0 bridgehead atoms. The minimum absolute atomic E-state index is 0.441. The van der Waals surface area contributed by atoms with Gasteiger partial charge in [-0.25, -0.2) is 15.0 Å². The zero-order valence-electron chi connectivity index (χ0n) is 16.7. The third kappa shape index (κ3) is 4.20. The van der Waals surface area contributed by atoms with Crippen molar-refractivity contribution in [1.29, 1.82) is 0 Å². The van der Waals surface area contributed by atoms with E-state index in [4.69, 9.17) is 34.8 Å². The van der Waals surface area contributed by atoms with Gasteiger partial charge in [0.15, 0.2) is 0 Å². The average molecular weight is 455 g/mol. The Labute approximate surface area is 190 Å². The topological polar surface area (TPSA) is 38.7 Å². The van der Waals surface area contributed by atoms with Crippen LogP contribution in [0.15, 0.2) is 54.6 Å². The predicted molar refractivity (Wildman–Crippen MR) is 125 cm³/mol. The summed E-state index contributed by atoms with van der Waals surface area (Å²) in [5.74, 6) is 0. The lowest BCUT2D eigenvalue weighted by molar-refractivity contribution is 1.24. The molecule has 4 aromatic rings. The lowest BCUT2D eigenvalue weighted by Gasteiger charge is -2.14. The van der Waals surface area contributed by atoms with Crippen molar-refractivity contribution in [3.05, 3.63) is 86.7 Å². The summed E-state index contributed by atoms with van der Waals surface area (Å²) in [5, 5.41) is 1.32. The van der Waals surface area contributed by atoms with E-state index < -0.39 is 0 Å². The molecule has 3 aromatic heterocycles. The second-order valence-electron chi connectivity index (χ2n) is 7.20. The fourth-order valence-corrected chi connectivity index (χ4v) is 3.87. The van der Waals surface area contributed by atoms with Crippen molar-refractivity contribution in [1.82, 2.24) is 15.0 Å². The maximum atomic E-state index is 6.20. The second-order valence-corrected chi connectivity index (χ2v) is 8.36. The van der Waals surface area contributed by atoms with Gasteiger partial charge >= 0.3 is 0 Å². The maximum Gasteiger partial charge on any atom is 0.129 e. The van der Waals surface area contributed by atoms with Crippen LogP contribution in [0.2, 0.25) is 15.5 Å². The van der Waals surface area contributed by atoms with E-state index >= 15 is 0 Å². The molecule has 0 N–H and O–H groups in total. The molecule has 0 fully saturated rings. The Morgan fingerprint density at radius 3 is 1.00 bits per heavy atom. The first-order chi connectivity index (χ1) is 14.3. The molecule has 0 amide bonds. The highest BCUT2D eigenvalue weighted by atomic mass is 35.5. The van der Waals surface area contributed by atoms with E-state index in [0.29, 0.717) is 15.5 Å². The predicted octanol–water partition coefficient (Wildman–Crippen LogP) is 7.76. The highest BCUT2D eigenvalue weighted by Crippen LogP contribution is 2.35. The number of hydrogen-bond donors (Lipinski definition) is 0. The van der Waals surface area contributed by atoms with Crippen molar-refractivity contribution < 1.29 is 0 Å². The van der Waals surface area contributed by atoms with Crippen molar-refractivity contribution in [2.24, 2.45) is 0 Å². The third-order valence-corrected chi connectivity index (χ3v) is 5.57. The van der Waals surface area contributed by atoms with Crippen molar-refractivity contribution in [2.45, 2.75) is 20.8 Å².